The summed E-state index contributed by atoms with van der Waals surface area (Å²) in [5, 5.41) is 3.24. The number of nitrogens with zero attached hydrogens (tertiary/aromatic N) is 3. The molecule has 0 saturated carbocycles. The lowest BCUT2D eigenvalue weighted by atomic mass is 10.3. The largest absolute Gasteiger partial charge is 0.368 e. The third-order valence-electron chi connectivity index (χ3n) is 1.99. The summed E-state index contributed by atoms with van der Waals surface area (Å²) in [6, 6.07) is 4.38. The van der Waals surface area contributed by atoms with Gasteiger partial charge in [-0.3, -0.25) is 0 Å². The fourth-order valence-electron chi connectivity index (χ4n) is 1.33. The van der Waals surface area contributed by atoms with Gasteiger partial charge in [-0.1, -0.05) is 13.8 Å². The maximum absolute atomic E-state index is 4.32. The van der Waals surface area contributed by atoms with Crippen LogP contribution in [0.15, 0.2) is 37.1 Å². The first-order valence-corrected chi connectivity index (χ1v) is 5.96. The zero-order valence-corrected chi connectivity index (χ0v) is 10.9. The molecule has 2 rings (SSSR count). The normalized spacial score (nSPS) is 9.71. The summed E-state index contributed by atoms with van der Waals surface area (Å²) in [5.41, 5.74) is 1.02. The summed E-state index contributed by atoms with van der Waals surface area (Å²) in [6.45, 7) is 8.18. The maximum atomic E-state index is 4.32. The first kappa shape index (κ1) is 13.2. The summed E-state index contributed by atoms with van der Waals surface area (Å²) in [4.78, 5) is 8.30. The van der Waals surface area contributed by atoms with Crippen LogP contribution in [-0.4, -0.2) is 20.6 Å². The van der Waals surface area contributed by atoms with Crippen LogP contribution in [0.3, 0.4) is 0 Å². The van der Waals surface area contributed by atoms with Crippen molar-refractivity contribution in [3.63, 3.8) is 0 Å². The van der Waals surface area contributed by atoms with Crippen molar-refractivity contribution in [1.82, 2.24) is 14.5 Å². The van der Waals surface area contributed by atoms with E-state index in [1.807, 2.05) is 42.9 Å². The fraction of sp³-hybridized carbons (Fsp3) is 0.385. The highest BCUT2D eigenvalue weighted by Crippen LogP contribution is 2.09. The molecule has 0 fully saturated rings. The molecule has 0 aliphatic rings. The van der Waals surface area contributed by atoms with Crippen LogP contribution < -0.4 is 5.32 Å². The average molecular weight is 232 g/mol. The number of hydrogen-bond donors (Lipinski definition) is 1. The van der Waals surface area contributed by atoms with Crippen LogP contribution in [0.25, 0.3) is 5.69 Å². The molecule has 0 amide bonds. The number of nitrogens with one attached hydrogen (secondary N) is 1. The number of aromatic nitrogens is 3. The average Bonchev–Trinajstić information content (AvgIpc) is 2.85. The van der Waals surface area contributed by atoms with E-state index >= 15 is 0 Å². The Balaban J connectivity index is 0.000000686. The fourth-order valence-corrected chi connectivity index (χ4v) is 1.33. The molecule has 0 aromatic carbocycles. The van der Waals surface area contributed by atoms with Gasteiger partial charge in [0.05, 0.1) is 18.2 Å². The summed E-state index contributed by atoms with van der Waals surface area (Å²) in [5.74, 6) is 0.897. The first-order chi connectivity index (χ1) is 8.25. The van der Waals surface area contributed by atoms with Crippen LogP contribution in [0.5, 0.6) is 0 Å². The summed E-state index contributed by atoms with van der Waals surface area (Å²) in [7, 11) is 0. The monoisotopic (exact) mass is 232 g/mol. The van der Waals surface area contributed by atoms with Gasteiger partial charge in [-0.2, -0.15) is 0 Å². The van der Waals surface area contributed by atoms with Crippen molar-refractivity contribution < 1.29 is 0 Å². The Bertz CT molecular complexity index is 403. The molecule has 2 heterocycles. The van der Waals surface area contributed by atoms with E-state index in [4.69, 9.17) is 0 Å². The lowest BCUT2D eigenvalue weighted by Crippen LogP contribution is -2.10. The molecule has 1 N–H and O–H groups in total. The second-order valence-electron chi connectivity index (χ2n) is 3.67. The molecule has 4 nitrogen and oxygen atoms in total. The van der Waals surface area contributed by atoms with Crippen molar-refractivity contribution in [2.45, 2.75) is 33.7 Å². The molecule has 2 aromatic rings. The van der Waals surface area contributed by atoms with Crippen molar-refractivity contribution >= 4 is 5.82 Å². The van der Waals surface area contributed by atoms with E-state index in [9.17, 15) is 0 Å². The van der Waals surface area contributed by atoms with Crippen molar-refractivity contribution in [2.24, 2.45) is 0 Å². The Morgan fingerprint density at radius 3 is 2.47 bits per heavy atom. The van der Waals surface area contributed by atoms with Gasteiger partial charge >= 0.3 is 0 Å². The second-order valence-corrected chi connectivity index (χ2v) is 3.67. The van der Waals surface area contributed by atoms with E-state index in [1.165, 1.54) is 0 Å². The van der Waals surface area contributed by atoms with E-state index in [1.54, 1.807) is 12.5 Å². The molecule has 0 aliphatic carbocycles. The summed E-state index contributed by atoms with van der Waals surface area (Å²) >= 11 is 0. The van der Waals surface area contributed by atoms with Gasteiger partial charge in [-0.05, 0) is 26.0 Å². The first-order valence-electron chi connectivity index (χ1n) is 5.96. The van der Waals surface area contributed by atoms with Gasteiger partial charge in [0.25, 0.3) is 0 Å². The Labute approximate surface area is 103 Å². The molecule has 0 radical (unpaired) electrons. The van der Waals surface area contributed by atoms with Gasteiger partial charge in [0.15, 0.2) is 0 Å². The molecule has 0 bridgehead atoms. The molecule has 0 saturated heterocycles. The topological polar surface area (TPSA) is 42.7 Å². The van der Waals surface area contributed by atoms with E-state index in [0.717, 1.165) is 11.5 Å². The highest BCUT2D eigenvalue weighted by Gasteiger charge is 1.98. The lowest BCUT2D eigenvalue weighted by Gasteiger charge is -2.09. The summed E-state index contributed by atoms with van der Waals surface area (Å²) < 4.78 is 1.92. The van der Waals surface area contributed by atoms with Crippen molar-refractivity contribution in [2.75, 3.05) is 5.32 Å². The predicted octanol–water partition coefficient (Wildman–Crippen LogP) is 3.11. The Hall–Kier alpha value is -1.84. The number of hydrogen-bond acceptors (Lipinski definition) is 3. The van der Waals surface area contributed by atoms with Gasteiger partial charge in [-0.15, -0.1) is 0 Å². The molecule has 0 spiro atoms. The SMILES string of the molecule is CC.CC(C)Nc1ccc(-n2ccnc2)cn1. The van der Waals surface area contributed by atoms with Crippen LogP contribution in [0, 0.1) is 0 Å². The third kappa shape index (κ3) is 3.90. The molecule has 0 aliphatic heterocycles. The minimum Gasteiger partial charge on any atom is -0.368 e. The zero-order valence-electron chi connectivity index (χ0n) is 10.9. The van der Waals surface area contributed by atoms with Crippen molar-refractivity contribution in [3.8, 4) is 5.69 Å². The van der Waals surface area contributed by atoms with Crippen LogP contribution in [0.4, 0.5) is 5.82 Å². The molecular weight excluding hydrogens is 212 g/mol. The minimum absolute atomic E-state index is 0.400. The smallest absolute Gasteiger partial charge is 0.126 e. The summed E-state index contributed by atoms with van der Waals surface area (Å²) in [6.07, 6.45) is 7.23. The Kier molecular flexibility index (Phi) is 5.20. The Morgan fingerprint density at radius 2 is 2.00 bits per heavy atom. The van der Waals surface area contributed by atoms with Crippen molar-refractivity contribution in [3.05, 3.63) is 37.1 Å². The number of imidazole rings is 1. The van der Waals surface area contributed by atoms with Gasteiger partial charge < -0.3 is 9.88 Å². The zero-order chi connectivity index (χ0) is 12.7. The predicted molar refractivity (Wildman–Crippen MR) is 71.5 cm³/mol. The van der Waals surface area contributed by atoms with Crippen molar-refractivity contribution in [1.29, 1.82) is 0 Å². The number of rotatable bonds is 3. The maximum Gasteiger partial charge on any atom is 0.126 e. The van der Waals surface area contributed by atoms with E-state index < -0.39 is 0 Å². The lowest BCUT2D eigenvalue weighted by molar-refractivity contribution is 0.887. The molecular formula is C13H20N4. The molecule has 0 unspecified atom stereocenters. The highest BCUT2D eigenvalue weighted by molar-refractivity contribution is 5.41. The molecule has 92 valence electrons. The van der Waals surface area contributed by atoms with Crippen LogP contribution >= 0.6 is 0 Å². The van der Waals surface area contributed by atoms with Crippen LogP contribution in [-0.2, 0) is 0 Å². The van der Waals surface area contributed by atoms with Gasteiger partial charge in [0.2, 0.25) is 0 Å². The quantitative estimate of drug-likeness (QED) is 0.884. The van der Waals surface area contributed by atoms with E-state index in [-0.39, 0.29) is 0 Å². The molecule has 0 atom stereocenters. The third-order valence-corrected chi connectivity index (χ3v) is 1.99. The van der Waals surface area contributed by atoms with Gasteiger partial charge in [0.1, 0.15) is 5.82 Å². The van der Waals surface area contributed by atoms with Crippen LogP contribution in [0.2, 0.25) is 0 Å². The molecule has 4 heteroatoms. The van der Waals surface area contributed by atoms with Crippen LogP contribution in [0.1, 0.15) is 27.7 Å². The minimum atomic E-state index is 0.400. The second kappa shape index (κ2) is 6.68. The standard InChI is InChI=1S/C11H14N4.C2H6/c1-9(2)14-11-4-3-10(7-13-11)15-6-5-12-8-15;1-2/h3-9H,1-2H3,(H,13,14);1-2H3. The number of pyridine rings is 1. The molecule has 17 heavy (non-hydrogen) atoms. The Morgan fingerprint density at radius 1 is 1.24 bits per heavy atom. The highest BCUT2D eigenvalue weighted by atomic mass is 15.0. The van der Waals surface area contributed by atoms with E-state index in [2.05, 4.69) is 29.1 Å². The van der Waals surface area contributed by atoms with Gasteiger partial charge in [-0.25, -0.2) is 9.97 Å². The molecule has 2 aromatic heterocycles. The van der Waals surface area contributed by atoms with E-state index in [0.29, 0.717) is 6.04 Å². The number of anilines is 1. The van der Waals surface area contributed by atoms with Gasteiger partial charge in [0, 0.05) is 18.4 Å².